The fourth-order valence-corrected chi connectivity index (χ4v) is 3.55. The number of amides is 1. The number of hydrogen-bond acceptors (Lipinski definition) is 1. The van der Waals surface area contributed by atoms with Crippen LogP contribution in [0.3, 0.4) is 0 Å². The van der Waals surface area contributed by atoms with Crippen LogP contribution >= 0.6 is 22.6 Å². The molecular weight excluding hydrogens is 394 g/mol. The van der Waals surface area contributed by atoms with Crippen LogP contribution in [0, 0.1) is 0 Å². The van der Waals surface area contributed by atoms with E-state index in [1.54, 1.807) is 12.1 Å². The smallest absolute Gasteiger partial charge is 0.304 e. The van der Waals surface area contributed by atoms with E-state index in [1.165, 1.54) is 0 Å². The summed E-state index contributed by atoms with van der Waals surface area (Å²) < 4.78 is 38.9. The van der Waals surface area contributed by atoms with E-state index >= 15 is 0 Å². The van der Waals surface area contributed by atoms with E-state index in [2.05, 4.69) is 22.6 Å². The van der Waals surface area contributed by atoms with Crippen molar-refractivity contribution in [2.75, 3.05) is 15.9 Å². The van der Waals surface area contributed by atoms with E-state index in [0.29, 0.717) is 10.1 Å². The van der Waals surface area contributed by atoms with Crippen molar-refractivity contribution < 1.29 is 18.0 Å². The summed E-state index contributed by atoms with van der Waals surface area (Å²) in [6, 6.07) is 11.0. The Hall–Kier alpha value is -1.31. The molecule has 0 N–H and O–H groups in total. The maximum Gasteiger partial charge on any atom is 0.471 e. The number of anilines is 1. The molecule has 21 heavy (non-hydrogen) atoms. The molecule has 0 saturated heterocycles. The highest BCUT2D eigenvalue weighted by atomic mass is 127. The van der Waals surface area contributed by atoms with E-state index in [0.717, 1.165) is 21.2 Å². The van der Waals surface area contributed by atoms with Crippen molar-refractivity contribution in [3.63, 3.8) is 0 Å². The zero-order chi connectivity index (χ0) is 15.2. The molecule has 2 aromatic rings. The quantitative estimate of drug-likeness (QED) is 0.513. The van der Waals surface area contributed by atoms with Gasteiger partial charge in [0.15, 0.2) is 0 Å². The first-order chi connectivity index (χ1) is 9.93. The van der Waals surface area contributed by atoms with Crippen LogP contribution in [0.25, 0.3) is 10.8 Å². The van der Waals surface area contributed by atoms with Gasteiger partial charge in [-0.1, -0.05) is 52.9 Å². The summed E-state index contributed by atoms with van der Waals surface area (Å²) >= 11 is 2.15. The fourth-order valence-electron chi connectivity index (χ4n) is 2.83. The lowest BCUT2D eigenvalue weighted by Gasteiger charge is -2.19. The molecule has 1 aliphatic rings. The molecule has 0 aliphatic carbocycles. The maximum atomic E-state index is 12.7. The Morgan fingerprint density at radius 3 is 2.62 bits per heavy atom. The largest absolute Gasteiger partial charge is 0.471 e. The molecule has 1 unspecified atom stereocenters. The summed E-state index contributed by atoms with van der Waals surface area (Å²) in [5.74, 6) is -1.86. The number of alkyl halides is 4. The van der Waals surface area contributed by atoms with E-state index in [9.17, 15) is 18.0 Å². The SMILES string of the molecule is O=C(N1CC(CI)c2c1ccc1ccccc21)C(F)(F)F. The Morgan fingerprint density at radius 1 is 1.24 bits per heavy atom. The number of halogens is 4. The minimum absolute atomic E-state index is 0.0713. The van der Waals surface area contributed by atoms with E-state index in [4.69, 9.17) is 0 Å². The highest BCUT2D eigenvalue weighted by molar-refractivity contribution is 14.1. The zero-order valence-corrected chi connectivity index (χ0v) is 13.0. The Kier molecular flexibility index (Phi) is 3.59. The maximum absolute atomic E-state index is 12.7. The molecule has 2 nitrogen and oxygen atoms in total. The monoisotopic (exact) mass is 405 g/mol. The average molecular weight is 405 g/mol. The van der Waals surface area contributed by atoms with Gasteiger partial charge in [0.2, 0.25) is 0 Å². The molecule has 1 heterocycles. The Balaban J connectivity index is 2.18. The second-order valence-corrected chi connectivity index (χ2v) is 5.87. The van der Waals surface area contributed by atoms with Gasteiger partial charge < -0.3 is 4.90 Å². The number of rotatable bonds is 1. The van der Waals surface area contributed by atoms with Gasteiger partial charge >= 0.3 is 12.1 Å². The lowest BCUT2D eigenvalue weighted by molar-refractivity contribution is -0.170. The van der Waals surface area contributed by atoms with Gasteiger partial charge in [0.05, 0.1) is 0 Å². The van der Waals surface area contributed by atoms with Gasteiger partial charge in [-0.25, -0.2) is 0 Å². The highest BCUT2D eigenvalue weighted by Gasteiger charge is 2.46. The Bertz CT molecular complexity index is 714. The minimum Gasteiger partial charge on any atom is -0.304 e. The topological polar surface area (TPSA) is 20.3 Å². The third-order valence-electron chi connectivity index (χ3n) is 3.72. The van der Waals surface area contributed by atoms with Crippen molar-refractivity contribution >= 4 is 45.0 Å². The second-order valence-electron chi connectivity index (χ2n) is 4.98. The predicted molar refractivity (Wildman–Crippen MR) is 84.0 cm³/mol. The molecule has 0 saturated carbocycles. The van der Waals surface area contributed by atoms with Crippen LogP contribution in [-0.2, 0) is 4.79 Å². The summed E-state index contributed by atoms with van der Waals surface area (Å²) in [4.78, 5) is 12.5. The lowest BCUT2D eigenvalue weighted by Crippen LogP contribution is -2.40. The van der Waals surface area contributed by atoms with E-state index in [-0.39, 0.29) is 12.5 Å². The van der Waals surface area contributed by atoms with Gasteiger partial charge in [-0.15, -0.1) is 0 Å². The molecule has 2 aromatic carbocycles. The van der Waals surface area contributed by atoms with Crippen LogP contribution in [0.1, 0.15) is 11.5 Å². The van der Waals surface area contributed by atoms with Crippen molar-refractivity contribution in [2.45, 2.75) is 12.1 Å². The Labute approximate surface area is 133 Å². The Morgan fingerprint density at radius 2 is 1.95 bits per heavy atom. The van der Waals surface area contributed by atoms with Crippen LogP contribution in [0.5, 0.6) is 0 Å². The molecule has 0 radical (unpaired) electrons. The van der Waals surface area contributed by atoms with Gasteiger partial charge in [0.1, 0.15) is 0 Å². The van der Waals surface area contributed by atoms with Gasteiger partial charge in [0.25, 0.3) is 0 Å². The van der Waals surface area contributed by atoms with Gasteiger partial charge in [0, 0.05) is 22.6 Å². The number of nitrogens with zero attached hydrogens (tertiary/aromatic N) is 1. The molecular formula is C15H11F3INO. The standard InChI is InChI=1S/C15H11F3INO/c16-15(17,18)14(21)20-8-10(7-19)13-11-4-2-1-3-9(11)5-6-12(13)20/h1-6,10H,7-8H2. The van der Waals surface area contributed by atoms with Crippen LogP contribution < -0.4 is 4.90 Å². The first-order valence-corrected chi connectivity index (χ1v) is 7.92. The highest BCUT2D eigenvalue weighted by Crippen LogP contribution is 2.43. The molecule has 110 valence electrons. The average Bonchev–Trinajstić information content (AvgIpc) is 2.84. The first-order valence-electron chi connectivity index (χ1n) is 6.39. The second kappa shape index (κ2) is 5.15. The summed E-state index contributed by atoms with van der Waals surface area (Å²) in [6.45, 7) is 0.0879. The molecule has 1 aliphatic heterocycles. The van der Waals surface area contributed by atoms with Crippen LogP contribution in [0.2, 0.25) is 0 Å². The molecule has 6 heteroatoms. The van der Waals surface area contributed by atoms with Crippen LogP contribution in [0.15, 0.2) is 36.4 Å². The summed E-state index contributed by atoms with van der Waals surface area (Å²) in [7, 11) is 0. The van der Waals surface area contributed by atoms with E-state index in [1.807, 2.05) is 24.3 Å². The molecule has 0 spiro atoms. The zero-order valence-electron chi connectivity index (χ0n) is 10.8. The third kappa shape index (κ3) is 2.39. The van der Waals surface area contributed by atoms with Crippen molar-refractivity contribution in [3.05, 3.63) is 42.0 Å². The van der Waals surface area contributed by atoms with Crippen molar-refractivity contribution in [3.8, 4) is 0 Å². The number of carbonyl (C=O) groups is 1. The van der Waals surface area contributed by atoms with Crippen molar-refractivity contribution in [1.82, 2.24) is 0 Å². The lowest BCUT2D eigenvalue weighted by atomic mass is 9.96. The molecule has 0 fully saturated rings. The molecule has 3 rings (SSSR count). The van der Waals surface area contributed by atoms with Gasteiger partial charge in [-0.3, -0.25) is 4.79 Å². The van der Waals surface area contributed by atoms with Crippen molar-refractivity contribution in [2.24, 2.45) is 0 Å². The summed E-state index contributed by atoms with van der Waals surface area (Å²) in [5.41, 5.74) is 1.23. The number of benzene rings is 2. The third-order valence-corrected chi connectivity index (χ3v) is 4.79. The summed E-state index contributed by atoms with van der Waals surface area (Å²) in [6.07, 6.45) is -4.84. The van der Waals surface area contributed by atoms with Gasteiger partial charge in [-0.2, -0.15) is 13.2 Å². The molecule has 1 amide bonds. The first kappa shape index (κ1) is 14.6. The van der Waals surface area contributed by atoms with Crippen LogP contribution in [0.4, 0.5) is 18.9 Å². The molecule has 0 aromatic heterocycles. The van der Waals surface area contributed by atoms with Gasteiger partial charge in [-0.05, 0) is 22.4 Å². The number of carbonyl (C=O) groups excluding carboxylic acids is 1. The van der Waals surface area contributed by atoms with Crippen molar-refractivity contribution in [1.29, 1.82) is 0 Å². The number of hydrogen-bond donors (Lipinski definition) is 0. The minimum atomic E-state index is -4.84. The van der Waals surface area contributed by atoms with Crippen LogP contribution in [-0.4, -0.2) is 23.1 Å². The van der Waals surface area contributed by atoms with E-state index < -0.39 is 12.1 Å². The number of fused-ring (bicyclic) bond motifs is 3. The molecule has 1 atom stereocenters. The predicted octanol–water partition coefficient (Wildman–Crippen LogP) is 4.27. The molecule has 0 bridgehead atoms. The fraction of sp³-hybridized carbons (Fsp3) is 0.267. The normalized spacial score (nSPS) is 18.1. The summed E-state index contributed by atoms with van der Waals surface area (Å²) in [5, 5.41) is 1.90.